The molecular formula is C21H27N3O2S2. The third-order valence-corrected chi connectivity index (χ3v) is 7.01. The Morgan fingerprint density at radius 3 is 2.25 bits per heavy atom. The molecule has 2 aromatic carbocycles. The van der Waals surface area contributed by atoms with Gasteiger partial charge in [0.15, 0.2) is 5.11 Å². The number of nitrogens with one attached hydrogen (secondary N) is 2. The molecule has 1 heterocycles. The molecule has 3 rings (SSSR count). The van der Waals surface area contributed by atoms with Gasteiger partial charge in [0.05, 0.1) is 4.90 Å². The Morgan fingerprint density at radius 2 is 1.61 bits per heavy atom. The van der Waals surface area contributed by atoms with Crippen molar-refractivity contribution in [3.05, 3.63) is 54.1 Å². The third kappa shape index (κ3) is 4.90. The van der Waals surface area contributed by atoms with Gasteiger partial charge in [0.25, 0.3) is 0 Å². The van der Waals surface area contributed by atoms with Crippen LogP contribution in [0.1, 0.15) is 44.6 Å². The van der Waals surface area contributed by atoms with E-state index in [0.29, 0.717) is 29.0 Å². The van der Waals surface area contributed by atoms with Crippen molar-refractivity contribution >= 4 is 38.7 Å². The smallest absolute Gasteiger partial charge is 0.243 e. The van der Waals surface area contributed by atoms with Crippen molar-refractivity contribution < 1.29 is 8.42 Å². The zero-order valence-corrected chi connectivity index (χ0v) is 17.9. The summed E-state index contributed by atoms with van der Waals surface area (Å²) in [6.07, 6.45) is 2.95. The van der Waals surface area contributed by atoms with Gasteiger partial charge in [-0.05, 0) is 66.9 Å². The number of hydrogen-bond donors (Lipinski definition) is 2. The lowest BCUT2D eigenvalue weighted by atomic mass is 10.0. The summed E-state index contributed by atoms with van der Waals surface area (Å²) >= 11 is 5.42. The molecule has 0 spiro atoms. The number of thiocarbonyl (C=S) groups is 1. The minimum absolute atomic E-state index is 0.323. The summed E-state index contributed by atoms with van der Waals surface area (Å²) in [6.45, 7) is 5.48. The van der Waals surface area contributed by atoms with Crippen molar-refractivity contribution in [2.24, 2.45) is 0 Å². The molecule has 5 nitrogen and oxygen atoms in total. The Hall–Kier alpha value is -1.96. The molecule has 1 aliphatic heterocycles. The number of rotatable bonds is 5. The second kappa shape index (κ2) is 9.03. The van der Waals surface area contributed by atoms with E-state index in [9.17, 15) is 8.42 Å². The normalized spacial score (nSPS) is 15.4. The Labute approximate surface area is 173 Å². The van der Waals surface area contributed by atoms with Crippen LogP contribution in [0.4, 0.5) is 11.4 Å². The third-order valence-electron chi connectivity index (χ3n) is 4.90. The summed E-state index contributed by atoms with van der Waals surface area (Å²) in [5, 5.41) is 6.83. The highest BCUT2D eigenvalue weighted by molar-refractivity contribution is 7.89. The summed E-state index contributed by atoms with van der Waals surface area (Å²) in [7, 11) is -3.41. The average Bonchev–Trinajstić information content (AvgIpc) is 2.69. The molecule has 1 aliphatic rings. The number of benzene rings is 2. The van der Waals surface area contributed by atoms with E-state index in [0.717, 1.165) is 30.6 Å². The first kappa shape index (κ1) is 20.8. The molecule has 0 saturated carbocycles. The molecule has 1 saturated heterocycles. The topological polar surface area (TPSA) is 61.4 Å². The Morgan fingerprint density at radius 1 is 0.964 bits per heavy atom. The zero-order valence-electron chi connectivity index (χ0n) is 16.3. The highest BCUT2D eigenvalue weighted by atomic mass is 32.2. The molecule has 1 fully saturated rings. The van der Waals surface area contributed by atoms with Crippen LogP contribution in [0.2, 0.25) is 0 Å². The fraction of sp³-hybridized carbons (Fsp3) is 0.381. The van der Waals surface area contributed by atoms with Crippen LogP contribution in [0, 0.1) is 0 Å². The molecule has 150 valence electrons. The quantitative estimate of drug-likeness (QED) is 0.685. The van der Waals surface area contributed by atoms with Gasteiger partial charge in [-0.3, -0.25) is 0 Å². The molecule has 0 atom stereocenters. The van der Waals surface area contributed by atoms with Gasteiger partial charge in [0.2, 0.25) is 10.0 Å². The van der Waals surface area contributed by atoms with Crippen molar-refractivity contribution in [2.45, 2.75) is 43.9 Å². The highest BCUT2D eigenvalue weighted by Gasteiger charge is 2.25. The second-order valence-electron chi connectivity index (χ2n) is 7.31. The van der Waals surface area contributed by atoms with Crippen LogP contribution in [0.3, 0.4) is 0 Å². The van der Waals surface area contributed by atoms with Gasteiger partial charge in [0.1, 0.15) is 0 Å². The fourth-order valence-electron chi connectivity index (χ4n) is 3.36. The predicted molar refractivity (Wildman–Crippen MR) is 119 cm³/mol. The zero-order chi connectivity index (χ0) is 20.1. The van der Waals surface area contributed by atoms with Crippen molar-refractivity contribution in [2.75, 3.05) is 23.7 Å². The van der Waals surface area contributed by atoms with Gasteiger partial charge >= 0.3 is 0 Å². The van der Waals surface area contributed by atoms with Crippen LogP contribution in [0.25, 0.3) is 0 Å². The molecule has 0 aliphatic carbocycles. The molecule has 7 heteroatoms. The van der Waals surface area contributed by atoms with Crippen LogP contribution in [0.5, 0.6) is 0 Å². The lowest BCUT2D eigenvalue weighted by Gasteiger charge is -2.25. The lowest BCUT2D eigenvalue weighted by Crippen LogP contribution is -2.35. The molecule has 2 aromatic rings. The average molecular weight is 418 g/mol. The Bertz CT molecular complexity index is 919. The van der Waals surface area contributed by atoms with Crippen molar-refractivity contribution in [3.63, 3.8) is 0 Å². The number of hydrogen-bond acceptors (Lipinski definition) is 3. The monoisotopic (exact) mass is 417 g/mol. The number of para-hydroxylation sites is 1. The van der Waals surface area contributed by atoms with Gasteiger partial charge in [-0.1, -0.05) is 38.5 Å². The number of sulfonamides is 1. The molecule has 0 aromatic heterocycles. The first-order valence-corrected chi connectivity index (χ1v) is 11.5. The SMILES string of the molecule is CC(C)c1ccccc1NC(=S)Nc1ccc(S(=O)(=O)N2CCCCC2)cc1. The fourth-order valence-corrected chi connectivity index (χ4v) is 5.11. The van der Waals surface area contributed by atoms with Crippen LogP contribution in [0.15, 0.2) is 53.4 Å². The van der Waals surface area contributed by atoms with E-state index in [2.05, 4.69) is 30.5 Å². The van der Waals surface area contributed by atoms with E-state index in [1.54, 1.807) is 28.6 Å². The van der Waals surface area contributed by atoms with E-state index in [4.69, 9.17) is 12.2 Å². The maximum Gasteiger partial charge on any atom is 0.243 e. The van der Waals surface area contributed by atoms with Gasteiger partial charge in [-0.15, -0.1) is 0 Å². The molecule has 0 bridgehead atoms. The molecule has 0 unspecified atom stereocenters. The summed E-state index contributed by atoms with van der Waals surface area (Å²) < 4.78 is 27.0. The maximum atomic E-state index is 12.7. The van der Waals surface area contributed by atoms with Crippen LogP contribution in [-0.4, -0.2) is 30.9 Å². The molecule has 28 heavy (non-hydrogen) atoms. The second-order valence-corrected chi connectivity index (χ2v) is 9.66. The summed E-state index contributed by atoms with van der Waals surface area (Å²) in [5.74, 6) is 0.380. The van der Waals surface area contributed by atoms with Gasteiger partial charge in [0, 0.05) is 24.5 Å². The molecule has 0 radical (unpaired) electrons. The minimum Gasteiger partial charge on any atom is -0.332 e. The van der Waals surface area contributed by atoms with Crippen molar-refractivity contribution in [1.82, 2.24) is 4.31 Å². The van der Waals surface area contributed by atoms with E-state index >= 15 is 0 Å². The van der Waals surface area contributed by atoms with Crippen LogP contribution >= 0.6 is 12.2 Å². The molecular weight excluding hydrogens is 390 g/mol. The van der Waals surface area contributed by atoms with Gasteiger partial charge in [-0.25, -0.2) is 8.42 Å². The van der Waals surface area contributed by atoms with E-state index in [1.807, 2.05) is 18.2 Å². The van der Waals surface area contributed by atoms with Gasteiger partial charge in [-0.2, -0.15) is 4.31 Å². The standard InChI is InChI=1S/C21H27N3O2S2/c1-16(2)19-8-4-5-9-20(19)23-21(27)22-17-10-12-18(13-11-17)28(25,26)24-14-6-3-7-15-24/h4-5,8-13,16H,3,6-7,14-15H2,1-2H3,(H2,22,23,27). The van der Waals surface area contributed by atoms with Crippen LogP contribution in [-0.2, 0) is 10.0 Å². The largest absolute Gasteiger partial charge is 0.332 e. The Kier molecular flexibility index (Phi) is 6.69. The predicted octanol–water partition coefficient (Wildman–Crippen LogP) is 4.79. The Balaban J connectivity index is 1.67. The van der Waals surface area contributed by atoms with E-state index in [1.165, 1.54) is 5.56 Å². The number of anilines is 2. The summed E-state index contributed by atoms with van der Waals surface area (Å²) in [4.78, 5) is 0.323. The highest BCUT2D eigenvalue weighted by Crippen LogP contribution is 2.25. The van der Waals surface area contributed by atoms with Gasteiger partial charge < -0.3 is 10.6 Å². The minimum atomic E-state index is -3.41. The first-order valence-electron chi connectivity index (χ1n) is 9.65. The van der Waals surface area contributed by atoms with Crippen molar-refractivity contribution in [1.29, 1.82) is 0 Å². The first-order chi connectivity index (χ1) is 13.4. The number of piperidine rings is 1. The van der Waals surface area contributed by atoms with E-state index < -0.39 is 10.0 Å². The molecule has 0 amide bonds. The van der Waals surface area contributed by atoms with Crippen LogP contribution < -0.4 is 10.6 Å². The summed E-state index contributed by atoms with van der Waals surface area (Å²) in [6, 6.07) is 14.8. The van der Waals surface area contributed by atoms with E-state index in [-0.39, 0.29) is 0 Å². The summed E-state index contributed by atoms with van der Waals surface area (Å²) in [5.41, 5.74) is 2.91. The maximum absolute atomic E-state index is 12.7. The lowest BCUT2D eigenvalue weighted by molar-refractivity contribution is 0.346. The molecule has 2 N–H and O–H groups in total. The number of nitrogens with zero attached hydrogens (tertiary/aromatic N) is 1. The van der Waals surface area contributed by atoms with Crippen molar-refractivity contribution in [3.8, 4) is 0 Å².